The second kappa shape index (κ2) is 16.8. The van der Waals surface area contributed by atoms with E-state index in [1.807, 2.05) is 12.1 Å². The zero-order valence-corrected chi connectivity index (χ0v) is 26.9. The Bertz CT molecular complexity index is 1390. The first-order chi connectivity index (χ1) is 20.9. The van der Waals surface area contributed by atoms with Crippen LogP contribution in [0.4, 0.5) is 10.1 Å². The molecule has 43 heavy (non-hydrogen) atoms. The zero-order valence-electron chi connectivity index (χ0n) is 26.0. The number of benzene rings is 3. The minimum atomic E-state index is -3.90. The molecule has 0 bridgehead atoms. The average molecular weight is 609 g/mol. The quantitative estimate of drug-likeness (QED) is 0.146. The van der Waals surface area contributed by atoms with Crippen LogP contribution in [0.5, 0.6) is 5.75 Å². The maximum Gasteiger partial charge on any atom is 0.261 e. The van der Waals surface area contributed by atoms with Gasteiger partial charge < -0.3 is 4.74 Å². The number of hydrogen-bond donors (Lipinski definition) is 1. The van der Waals surface area contributed by atoms with Gasteiger partial charge in [0.05, 0.1) is 17.2 Å². The smallest absolute Gasteiger partial charge is 0.261 e. The Hall–Kier alpha value is -2.90. The van der Waals surface area contributed by atoms with E-state index in [0.29, 0.717) is 0 Å². The van der Waals surface area contributed by atoms with Crippen LogP contribution in [0.3, 0.4) is 0 Å². The van der Waals surface area contributed by atoms with E-state index in [0.717, 1.165) is 80.8 Å². The number of halogens is 1. The summed E-state index contributed by atoms with van der Waals surface area (Å²) in [5.41, 5.74) is 4.27. The number of rotatable bonds is 18. The molecule has 0 unspecified atom stereocenters. The first kappa shape index (κ1) is 33.0. The van der Waals surface area contributed by atoms with Crippen molar-refractivity contribution in [2.75, 3.05) is 17.9 Å². The maximum atomic E-state index is 14.8. The lowest BCUT2D eigenvalue weighted by Crippen LogP contribution is -2.30. The lowest BCUT2D eigenvalue weighted by molar-refractivity contribution is 0.245. The number of unbranched alkanes of at least 4 members (excludes halogenated alkanes) is 8. The highest BCUT2D eigenvalue weighted by molar-refractivity contribution is 7.92. The summed E-state index contributed by atoms with van der Waals surface area (Å²) < 4.78 is 49.5. The molecule has 234 valence electrons. The molecule has 0 spiro atoms. The number of sulfonamides is 1. The Balaban J connectivity index is 1.28. The number of anilines is 1. The lowest BCUT2D eigenvalue weighted by atomic mass is 9.99. The monoisotopic (exact) mass is 608 g/mol. The highest BCUT2D eigenvalue weighted by atomic mass is 32.2. The van der Waals surface area contributed by atoms with Crippen molar-refractivity contribution in [1.29, 1.82) is 0 Å². The number of fused-ring (bicyclic) bond motifs is 1. The van der Waals surface area contributed by atoms with Gasteiger partial charge in [-0.3, -0.25) is 9.62 Å². The minimum absolute atomic E-state index is 0.0120. The minimum Gasteiger partial charge on any atom is -0.494 e. The first-order valence-electron chi connectivity index (χ1n) is 16.2. The van der Waals surface area contributed by atoms with Crippen LogP contribution < -0.4 is 9.46 Å². The molecule has 0 radical (unpaired) electrons. The molecule has 0 amide bonds. The van der Waals surface area contributed by atoms with Crippen LogP contribution in [0.15, 0.2) is 65.6 Å². The number of ether oxygens (including phenoxy) is 1. The van der Waals surface area contributed by atoms with Gasteiger partial charge in [0, 0.05) is 19.6 Å². The Morgan fingerprint density at radius 2 is 1.49 bits per heavy atom. The van der Waals surface area contributed by atoms with Crippen molar-refractivity contribution in [3.8, 4) is 5.75 Å². The molecular weight excluding hydrogens is 559 g/mol. The van der Waals surface area contributed by atoms with E-state index >= 15 is 0 Å². The Labute approximate surface area is 258 Å². The van der Waals surface area contributed by atoms with Crippen molar-refractivity contribution >= 4 is 15.7 Å². The molecule has 5 nitrogen and oxygen atoms in total. The molecule has 1 aliphatic rings. The molecule has 1 heterocycles. The van der Waals surface area contributed by atoms with Gasteiger partial charge in [-0.2, -0.15) is 0 Å². The van der Waals surface area contributed by atoms with Crippen molar-refractivity contribution in [2.24, 2.45) is 0 Å². The van der Waals surface area contributed by atoms with Crippen molar-refractivity contribution in [1.82, 2.24) is 4.90 Å². The average Bonchev–Trinajstić information content (AvgIpc) is 3.00. The van der Waals surface area contributed by atoms with Crippen LogP contribution in [0.25, 0.3) is 0 Å². The summed E-state index contributed by atoms with van der Waals surface area (Å²) in [6, 6.07) is 18.4. The predicted octanol–water partition coefficient (Wildman–Crippen LogP) is 9.05. The molecule has 0 saturated carbocycles. The summed E-state index contributed by atoms with van der Waals surface area (Å²) in [4.78, 5) is 2.54. The van der Waals surface area contributed by atoms with E-state index in [4.69, 9.17) is 4.74 Å². The maximum absolute atomic E-state index is 14.8. The van der Waals surface area contributed by atoms with Crippen molar-refractivity contribution in [3.05, 3.63) is 88.7 Å². The van der Waals surface area contributed by atoms with Gasteiger partial charge in [0.2, 0.25) is 0 Å². The van der Waals surface area contributed by atoms with Gasteiger partial charge in [-0.05, 0) is 84.3 Å². The summed E-state index contributed by atoms with van der Waals surface area (Å²) in [6.07, 6.45) is 13.4. The fraction of sp³-hybridized carbons (Fsp3) is 0.500. The van der Waals surface area contributed by atoms with Crippen molar-refractivity contribution < 1.29 is 17.5 Å². The van der Waals surface area contributed by atoms with Gasteiger partial charge >= 0.3 is 0 Å². The fourth-order valence-electron chi connectivity index (χ4n) is 5.67. The molecular formula is C36H49FN2O3S. The molecule has 0 fully saturated rings. The van der Waals surface area contributed by atoms with Crippen LogP contribution in [0.2, 0.25) is 0 Å². The molecule has 4 rings (SSSR count). The van der Waals surface area contributed by atoms with Crippen LogP contribution >= 0.6 is 0 Å². The fourth-order valence-corrected chi connectivity index (χ4v) is 6.79. The number of aryl methyl sites for hydroxylation is 1. The van der Waals surface area contributed by atoms with Crippen LogP contribution in [-0.2, 0) is 36.0 Å². The summed E-state index contributed by atoms with van der Waals surface area (Å²) in [7, 11) is -3.90. The molecule has 3 aromatic carbocycles. The van der Waals surface area contributed by atoms with Gasteiger partial charge in [0.25, 0.3) is 10.0 Å². The summed E-state index contributed by atoms with van der Waals surface area (Å²) >= 11 is 0. The second-order valence-electron chi connectivity index (χ2n) is 11.9. The zero-order chi connectivity index (χ0) is 30.5. The van der Waals surface area contributed by atoms with Gasteiger partial charge in [0.1, 0.15) is 11.6 Å². The predicted molar refractivity (Wildman–Crippen MR) is 175 cm³/mol. The molecule has 0 saturated heterocycles. The topological polar surface area (TPSA) is 58.6 Å². The molecule has 3 aromatic rings. The van der Waals surface area contributed by atoms with Crippen LogP contribution in [0.1, 0.15) is 100 Å². The van der Waals surface area contributed by atoms with Crippen LogP contribution in [-0.4, -0.2) is 26.5 Å². The third-order valence-electron chi connectivity index (χ3n) is 8.27. The highest BCUT2D eigenvalue weighted by Crippen LogP contribution is 2.27. The molecule has 0 aromatic heterocycles. The van der Waals surface area contributed by atoms with Crippen LogP contribution in [0, 0.1) is 5.82 Å². The number of nitrogens with zero attached hydrogens (tertiary/aromatic N) is 1. The molecule has 1 N–H and O–H groups in total. The lowest BCUT2D eigenvalue weighted by Gasteiger charge is -2.29. The summed E-state index contributed by atoms with van der Waals surface area (Å²) in [5, 5.41) is 0. The van der Waals surface area contributed by atoms with E-state index < -0.39 is 15.8 Å². The van der Waals surface area contributed by atoms with E-state index in [1.165, 1.54) is 62.6 Å². The Kier molecular flexibility index (Phi) is 12.9. The Morgan fingerprint density at radius 1 is 0.791 bits per heavy atom. The van der Waals surface area contributed by atoms with Gasteiger partial charge in [-0.1, -0.05) is 89.5 Å². The number of hydrogen-bond acceptors (Lipinski definition) is 4. The summed E-state index contributed by atoms with van der Waals surface area (Å²) in [5.74, 6) is 0.379. The van der Waals surface area contributed by atoms with Gasteiger partial charge in [0.15, 0.2) is 0 Å². The molecule has 1 aliphatic heterocycles. The van der Waals surface area contributed by atoms with E-state index in [1.54, 1.807) is 12.1 Å². The second-order valence-corrected chi connectivity index (χ2v) is 13.6. The molecule has 0 aliphatic carbocycles. The third-order valence-corrected chi connectivity index (χ3v) is 9.64. The van der Waals surface area contributed by atoms with E-state index in [2.05, 4.69) is 47.7 Å². The normalized spacial score (nSPS) is 13.6. The largest absolute Gasteiger partial charge is 0.494 e. The van der Waals surface area contributed by atoms with E-state index in [9.17, 15) is 12.8 Å². The SMILES string of the molecule is CCCCCCCOc1ccc(CN2CCc3cc(S(=O)(=O)Nc4ccc(CCCCCCC)cc4F)ccc3C2)cc1. The summed E-state index contributed by atoms with van der Waals surface area (Å²) in [6.45, 7) is 7.60. The molecule has 7 heteroatoms. The standard InChI is InChI=1S/C36H49FN2O3S/c1-3-5-7-9-11-13-29-16-21-36(35(37)25-29)38-43(40,41)34-20-17-32-28-39(23-22-31(32)26-34)27-30-14-18-33(19-15-30)42-24-12-10-8-6-4-2/h14-21,25-26,38H,3-13,22-24,27-28H2,1-2H3. The molecule has 0 atom stereocenters. The third kappa shape index (κ3) is 10.4. The number of nitrogens with one attached hydrogen (secondary N) is 1. The first-order valence-corrected chi connectivity index (χ1v) is 17.7. The van der Waals surface area contributed by atoms with Crippen molar-refractivity contribution in [2.45, 2.75) is 109 Å². The van der Waals surface area contributed by atoms with Gasteiger partial charge in [-0.15, -0.1) is 0 Å². The highest BCUT2D eigenvalue weighted by Gasteiger charge is 2.22. The van der Waals surface area contributed by atoms with Crippen molar-refractivity contribution in [3.63, 3.8) is 0 Å². The van der Waals surface area contributed by atoms with Gasteiger partial charge in [-0.25, -0.2) is 12.8 Å². The van der Waals surface area contributed by atoms with E-state index in [-0.39, 0.29) is 10.6 Å². The Morgan fingerprint density at radius 3 is 2.21 bits per heavy atom.